The molecule has 1 saturated heterocycles. The van der Waals surface area contributed by atoms with E-state index in [1.165, 1.54) is 5.56 Å². The van der Waals surface area contributed by atoms with Gasteiger partial charge in [0.05, 0.1) is 25.4 Å². The van der Waals surface area contributed by atoms with Gasteiger partial charge < -0.3 is 15.2 Å². The van der Waals surface area contributed by atoms with Crippen molar-refractivity contribution >= 4 is 15.9 Å². The van der Waals surface area contributed by atoms with E-state index >= 15 is 0 Å². The van der Waals surface area contributed by atoms with E-state index in [2.05, 4.69) is 33.4 Å². The van der Waals surface area contributed by atoms with E-state index < -0.39 is 0 Å². The zero-order valence-corrected chi connectivity index (χ0v) is 9.90. The molecule has 0 aromatic heterocycles. The van der Waals surface area contributed by atoms with Gasteiger partial charge in [0.15, 0.2) is 0 Å². The Morgan fingerprint density at radius 2 is 2.13 bits per heavy atom. The van der Waals surface area contributed by atoms with Crippen LogP contribution in [0.3, 0.4) is 0 Å². The maximum Gasteiger partial charge on any atom is 0.0950 e. The van der Waals surface area contributed by atoms with Crippen molar-refractivity contribution in [3.63, 3.8) is 0 Å². The molecule has 3 nitrogen and oxygen atoms in total. The standard InChI is InChI=1S/C11H14BrNO2/c12-9-3-1-8(2-4-9)11-5-13-10(6-14)7-15-11/h1-4,10-11,13-14H,5-7H2. The van der Waals surface area contributed by atoms with Crippen LogP contribution in [0.4, 0.5) is 0 Å². The Bertz CT molecular complexity index is 307. The fourth-order valence-corrected chi connectivity index (χ4v) is 1.90. The first-order chi connectivity index (χ1) is 7.29. The van der Waals surface area contributed by atoms with Crippen LogP contribution in [0.1, 0.15) is 11.7 Å². The fourth-order valence-electron chi connectivity index (χ4n) is 1.63. The summed E-state index contributed by atoms with van der Waals surface area (Å²) < 4.78 is 6.74. The molecule has 1 aliphatic heterocycles. The van der Waals surface area contributed by atoms with Crippen LogP contribution >= 0.6 is 15.9 Å². The van der Waals surface area contributed by atoms with Crippen LogP contribution in [0.5, 0.6) is 0 Å². The average Bonchev–Trinajstić information content (AvgIpc) is 2.30. The molecule has 0 radical (unpaired) electrons. The molecule has 0 spiro atoms. The van der Waals surface area contributed by atoms with Crippen LogP contribution in [-0.4, -0.2) is 30.9 Å². The van der Waals surface area contributed by atoms with Crippen LogP contribution in [0.15, 0.2) is 28.7 Å². The van der Waals surface area contributed by atoms with E-state index in [-0.39, 0.29) is 18.8 Å². The summed E-state index contributed by atoms with van der Waals surface area (Å²) in [4.78, 5) is 0. The highest BCUT2D eigenvalue weighted by Gasteiger charge is 2.21. The summed E-state index contributed by atoms with van der Waals surface area (Å²) in [5, 5.41) is 12.2. The second kappa shape index (κ2) is 5.07. The number of rotatable bonds is 2. The Morgan fingerprint density at radius 1 is 1.40 bits per heavy atom. The van der Waals surface area contributed by atoms with Crippen LogP contribution in [0.2, 0.25) is 0 Å². The van der Waals surface area contributed by atoms with Gasteiger partial charge in [-0.25, -0.2) is 0 Å². The monoisotopic (exact) mass is 271 g/mol. The molecular formula is C11H14BrNO2. The molecule has 2 N–H and O–H groups in total. The fraction of sp³-hybridized carbons (Fsp3) is 0.455. The van der Waals surface area contributed by atoms with Crippen LogP contribution < -0.4 is 5.32 Å². The minimum atomic E-state index is 0.0803. The molecule has 2 atom stereocenters. The molecule has 1 heterocycles. The Labute approximate surface area is 97.6 Å². The number of aliphatic hydroxyl groups is 1. The molecule has 2 unspecified atom stereocenters. The van der Waals surface area contributed by atoms with Gasteiger partial charge in [0, 0.05) is 11.0 Å². The van der Waals surface area contributed by atoms with Crippen LogP contribution in [0, 0.1) is 0 Å². The highest BCUT2D eigenvalue weighted by Crippen LogP contribution is 2.21. The van der Waals surface area contributed by atoms with Crippen LogP contribution in [-0.2, 0) is 4.74 Å². The lowest BCUT2D eigenvalue weighted by Gasteiger charge is -2.29. The predicted molar refractivity (Wildman–Crippen MR) is 61.7 cm³/mol. The summed E-state index contributed by atoms with van der Waals surface area (Å²) in [6.45, 7) is 1.46. The van der Waals surface area contributed by atoms with Gasteiger partial charge in [-0.05, 0) is 17.7 Å². The first-order valence-electron chi connectivity index (χ1n) is 5.01. The van der Waals surface area contributed by atoms with Gasteiger partial charge in [0.1, 0.15) is 0 Å². The van der Waals surface area contributed by atoms with E-state index in [9.17, 15) is 0 Å². The van der Waals surface area contributed by atoms with E-state index in [1.54, 1.807) is 0 Å². The largest absolute Gasteiger partial charge is 0.395 e. The van der Waals surface area contributed by atoms with Gasteiger partial charge >= 0.3 is 0 Å². The first kappa shape index (κ1) is 11.1. The van der Waals surface area contributed by atoms with Crippen molar-refractivity contribution in [2.24, 2.45) is 0 Å². The maximum atomic E-state index is 8.94. The predicted octanol–water partition coefficient (Wildman–Crippen LogP) is 1.47. The topological polar surface area (TPSA) is 41.5 Å². The number of aliphatic hydroxyl groups excluding tert-OH is 1. The molecular weight excluding hydrogens is 258 g/mol. The Balaban J connectivity index is 1.98. The molecule has 0 amide bonds. The summed E-state index contributed by atoms with van der Waals surface area (Å²) in [5.41, 5.74) is 1.17. The summed E-state index contributed by atoms with van der Waals surface area (Å²) in [7, 11) is 0. The third-order valence-electron chi connectivity index (χ3n) is 2.55. The second-order valence-electron chi connectivity index (χ2n) is 3.66. The molecule has 2 rings (SSSR count). The third kappa shape index (κ3) is 2.78. The van der Waals surface area contributed by atoms with Gasteiger partial charge in [-0.2, -0.15) is 0 Å². The molecule has 1 aromatic carbocycles. The molecule has 1 aromatic rings. The number of morpholine rings is 1. The Kier molecular flexibility index (Phi) is 3.75. The smallest absolute Gasteiger partial charge is 0.0950 e. The van der Waals surface area contributed by atoms with Crippen molar-refractivity contribution in [3.8, 4) is 0 Å². The molecule has 1 aliphatic rings. The second-order valence-corrected chi connectivity index (χ2v) is 4.58. The number of benzene rings is 1. The molecule has 0 bridgehead atoms. The molecule has 1 fully saturated rings. The van der Waals surface area contributed by atoms with Crippen molar-refractivity contribution in [2.75, 3.05) is 19.8 Å². The summed E-state index contributed by atoms with van der Waals surface area (Å²) in [5.74, 6) is 0. The summed E-state index contributed by atoms with van der Waals surface area (Å²) in [6, 6.07) is 8.20. The van der Waals surface area contributed by atoms with Crippen molar-refractivity contribution in [1.82, 2.24) is 5.32 Å². The van der Waals surface area contributed by atoms with Gasteiger partial charge in [0.2, 0.25) is 0 Å². The van der Waals surface area contributed by atoms with Gasteiger partial charge in [-0.1, -0.05) is 28.1 Å². The molecule has 15 heavy (non-hydrogen) atoms. The lowest BCUT2D eigenvalue weighted by Crippen LogP contribution is -2.44. The van der Waals surface area contributed by atoms with Gasteiger partial charge in [-0.15, -0.1) is 0 Å². The molecule has 4 heteroatoms. The minimum Gasteiger partial charge on any atom is -0.395 e. The Hall–Kier alpha value is -0.420. The minimum absolute atomic E-state index is 0.0803. The number of hydrogen-bond acceptors (Lipinski definition) is 3. The van der Waals surface area contributed by atoms with Crippen LogP contribution in [0.25, 0.3) is 0 Å². The number of ether oxygens (including phenoxy) is 1. The molecule has 0 aliphatic carbocycles. The van der Waals surface area contributed by atoms with Crippen molar-refractivity contribution in [2.45, 2.75) is 12.1 Å². The molecule has 82 valence electrons. The van der Waals surface area contributed by atoms with Crippen molar-refractivity contribution < 1.29 is 9.84 Å². The number of nitrogens with one attached hydrogen (secondary N) is 1. The quantitative estimate of drug-likeness (QED) is 0.856. The zero-order valence-electron chi connectivity index (χ0n) is 8.32. The van der Waals surface area contributed by atoms with E-state index in [0.717, 1.165) is 11.0 Å². The highest BCUT2D eigenvalue weighted by atomic mass is 79.9. The SMILES string of the molecule is OCC1COC(c2ccc(Br)cc2)CN1. The summed E-state index contributed by atoms with van der Waals surface area (Å²) in [6.07, 6.45) is 0.0981. The third-order valence-corrected chi connectivity index (χ3v) is 3.08. The Morgan fingerprint density at radius 3 is 2.67 bits per heavy atom. The number of hydrogen-bond donors (Lipinski definition) is 2. The van der Waals surface area contributed by atoms with Crippen molar-refractivity contribution in [1.29, 1.82) is 0 Å². The van der Waals surface area contributed by atoms with Gasteiger partial charge in [0.25, 0.3) is 0 Å². The van der Waals surface area contributed by atoms with E-state index in [1.807, 2.05) is 12.1 Å². The van der Waals surface area contributed by atoms with Crippen molar-refractivity contribution in [3.05, 3.63) is 34.3 Å². The van der Waals surface area contributed by atoms with E-state index in [4.69, 9.17) is 9.84 Å². The maximum absolute atomic E-state index is 8.94. The lowest BCUT2D eigenvalue weighted by atomic mass is 10.1. The highest BCUT2D eigenvalue weighted by molar-refractivity contribution is 9.10. The van der Waals surface area contributed by atoms with Gasteiger partial charge in [-0.3, -0.25) is 0 Å². The first-order valence-corrected chi connectivity index (χ1v) is 5.80. The normalized spacial score (nSPS) is 26.5. The molecule has 0 saturated carbocycles. The van der Waals surface area contributed by atoms with E-state index in [0.29, 0.717) is 6.61 Å². The summed E-state index contributed by atoms with van der Waals surface area (Å²) >= 11 is 3.40. The zero-order chi connectivity index (χ0) is 10.7. The number of halogens is 1. The lowest BCUT2D eigenvalue weighted by molar-refractivity contribution is -0.00952. The average molecular weight is 272 g/mol.